The number of aldehydes is 1. The summed E-state index contributed by atoms with van der Waals surface area (Å²) in [4.78, 5) is 24.9. The molecule has 0 radical (unpaired) electrons. The van der Waals surface area contributed by atoms with E-state index in [2.05, 4.69) is 26.8 Å². The Morgan fingerprint density at radius 3 is 2.58 bits per heavy atom. The lowest BCUT2D eigenvalue weighted by molar-refractivity contribution is -0.185. The average molecular weight is 359 g/mol. The maximum Gasteiger partial charge on any atom is 0.312 e. The third-order valence-corrected chi connectivity index (χ3v) is 8.99. The van der Waals surface area contributed by atoms with E-state index in [4.69, 9.17) is 4.74 Å². The summed E-state index contributed by atoms with van der Waals surface area (Å²) in [5, 5.41) is 0. The molecule has 0 unspecified atom stereocenters. The Bertz CT molecular complexity index is 666. The van der Waals surface area contributed by atoms with Gasteiger partial charge in [-0.1, -0.05) is 26.3 Å². The molecule has 0 heterocycles. The van der Waals surface area contributed by atoms with Gasteiger partial charge >= 0.3 is 5.97 Å². The zero-order valence-electron chi connectivity index (χ0n) is 16.9. The van der Waals surface area contributed by atoms with E-state index in [-0.39, 0.29) is 27.6 Å². The highest BCUT2D eigenvalue weighted by Gasteiger charge is 2.66. The van der Waals surface area contributed by atoms with Crippen LogP contribution in [0.3, 0.4) is 0 Å². The van der Waals surface area contributed by atoms with Crippen LogP contribution in [-0.4, -0.2) is 18.9 Å². The zero-order valence-corrected chi connectivity index (χ0v) is 16.9. The van der Waals surface area contributed by atoms with Crippen LogP contribution in [0.15, 0.2) is 11.6 Å². The number of hydrogen-bond acceptors (Lipinski definition) is 3. The summed E-state index contributed by atoms with van der Waals surface area (Å²) in [6.07, 6.45) is 12.3. The molecule has 3 saturated carbocycles. The van der Waals surface area contributed by atoms with Gasteiger partial charge in [-0.2, -0.15) is 0 Å². The number of esters is 1. The molecule has 0 amide bonds. The molecule has 0 aromatic carbocycles. The van der Waals surface area contributed by atoms with Crippen molar-refractivity contribution in [3.8, 4) is 0 Å². The first-order chi connectivity index (χ1) is 12.2. The third kappa shape index (κ3) is 2.18. The van der Waals surface area contributed by atoms with Gasteiger partial charge < -0.3 is 4.74 Å². The van der Waals surface area contributed by atoms with Gasteiger partial charge in [0.05, 0.1) is 12.0 Å². The molecule has 4 aliphatic carbocycles. The van der Waals surface area contributed by atoms with E-state index in [9.17, 15) is 9.59 Å². The van der Waals surface area contributed by atoms with Gasteiger partial charge in [0.25, 0.3) is 0 Å². The number of allylic oxidation sites excluding steroid dienone is 2. The lowest BCUT2D eigenvalue weighted by atomic mass is 9.39. The molecule has 6 atom stereocenters. The molecule has 0 saturated heterocycles. The van der Waals surface area contributed by atoms with E-state index < -0.39 is 0 Å². The fraction of sp³-hybridized carbons (Fsp3) is 0.826. The molecule has 1 spiro atoms. The summed E-state index contributed by atoms with van der Waals surface area (Å²) in [5.41, 5.74) is 1.11. The fourth-order valence-electron chi connectivity index (χ4n) is 8.07. The first kappa shape index (κ1) is 18.3. The monoisotopic (exact) mass is 358 g/mol. The second-order valence-electron chi connectivity index (χ2n) is 10.4. The van der Waals surface area contributed by atoms with Gasteiger partial charge in [0.2, 0.25) is 0 Å². The minimum atomic E-state index is -0.366. The predicted molar refractivity (Wildman–Crippen MR) is 101 cm³/mol. The van der Waals surface area contributed by atoms with Crippen molar-refractivity contribution >= 4 is 12.3 Å². The first-order valence-electron chi connectivity index (χ1n) is 10.6. The van der Waals surface area contributed by atoms with Crippen molar-refractivity contribution in [2.24, 2.45) is 33.5 Å². The Morgan fingerprint density at radius 1 is 1.15 bits per heavy atom. The Kier molecular flexibility index (Phi) is 3.99. The number of fused-ring (bicyclic) bond motifs is 3. The fourth-order valence-corrected chi connectivity index (χ4v) is 8.07. The standard InChI is InChI=1S/C23H34O3/c1-5-26-19(25)22(4)10-6-9-21(3)17(22)8-12-23-15-20(2,11-7-18(21)23)13-16(23)14-24/h13-14,17-18H,5-12,15H2,1-4H3/t17-,18-,20+,21+,22+,23+/m0/s1. The summed E-state index contributed by atoms with van der Waals surface area (Å²) in [7, 11) is 0. The van der Waals surface area contributed by atoms with Gasteiger partial charge in [-0.05, 0) is 87.0 Å². The Hall–Kier alpha value is -1.12. The van der Waals surface area contributed by atoms with E-state index >= 15 is 0 Å². The molecule has 0 N–H and O–H groups in total. The molecule has 4 aliphatic rings. The number of hydrogen-bond donors (Lipinski definition) is 0. The Morgan fingerprint density at radius 2 is 1.88 bits per heavy atom. The third-order valence-electron chi connectivity index (χ3n) is 8.99. The van der Waals surface area contributed by atoms with Gasteiger partial charge in [-0.3, -0.25) is 9.59 Å². The van der Waals surface area contributed by atoms with Crippen LogP contribution in [0.2, 0.25) is 0 Å². The highest BCUT2D eigenvalue weighted by Crippen LogP contribution is 2.73. The van der Waals surface area contributed by atoms with Crippen molar-refractivity contribution in [3.05, 3.63) is 11.6 Å². The summed E-state index contributed by atoms with van der Waals surface area (Å²) >= 11 is 0. The topological polar surface area (TPSA) is 43.4 Å². The molecule has 0 aromatic rings. The van der Waals surface area contributed by atoms with Crippen LogP contribution in [0, 0.1) is 33.5 Å². The van der Waals surface area contributed by atoms with Crippen molar-refractivity contribution in [2.45, 2.75) is 79.1 Å². The zero-order chi connectivity index (χ0) is 18.8. The van der Waals surface area contributed by atoms with Crippen LogP contribution in [0.1, 0.15) is 79.1 Å². The lowest BCUT2D eigenvalue weighted by Crippen LogP contribution is -2.59. The molecule has 3 fully saturated rings. The number of carbonyl (C=O) groups is 2. The predicted octanol–water partition coefficient (Wildman–Crippen LogP) is 5.09. The molecule has 3 nitrogen and oxygen atoms in total. The van der Waals surface area contributed by atoms with Crippen LogP contribution in [0.5, 0.6) is 0 Å². The Labute approximate surface area is 157 Å². The minimum absolute atomic E-state index is 0.00472. The van der Waals surface area contributed by atoms with Gasteiger partial charge in [0.15, 0.2) is 0 Å². The van der Waals surface area contributed by atoms with Crippen molar-refractivity contribution in [1.29, 1.82) is 0 Å². The average Bonchev–Trinajstić information content (AvgIpc) is 2.80. The molecule has 0 aromatic heterocycles. The maximum absolute atomic E-state index is 12.9. The molecule has 144 valence electrons. The van der Waals surface area contributed by atoms with Crippen molar-refractivity contribution in [3.63, 3.8) is 0 Å². The lowest BCUT2D eigenvalue weighted by Gasteiger charge is -2.64. The molecule has 3 heteroatoms. The van der Waals surface area contributed by atoms with Crippen LogP contribution in [0.4, 0.5) is 0 Å². The summed E-state index contributed by atoms with van der Waals surface area (Å²) in [6, 6.07) is 0. The van der Waals surface area contributed by atoms with E-state index in [0.29, 0.717) is 18.4 Å². The highest BCUT2D eigenvalue weighted by molar-refractivity contribution is 5.79. The van der Waals surface area contributed by atoms with E-state index in [1.807, 2.05) is 6.92 Å². The van der Waals surface area contributed by atoms with Crippen molar-refractivity contribution < 1.29 is 14.3 Å². The SMILES string of the molecule is CCOC(=O)[C@]1(C)CCC[C@@]2(C)[C@@H]3CC[C@]4(C)C=C(C=O)[C@@]3(CC[C@@H]21)C4. The van der Waals surface area contributed by atoms with Gasteiger partial charge in [0, 0.05) is 5.41 Å². The summed E-state index contributed by atoms with van der Waals surface area (Å²) in [6.45, 7) is 9.29. The van der Waals surface area contributed by atoms with Crippen LogP contribution >= 0.6 is 0 Å². The van der Waals surface area contributed by atoms with Crippen molar-refractivity contribution in [2.75, 3.05) is 6.61 Å². The van der Waals surface area contributed by atoms with Crippen LogP contribution in [0.25, 0.3) is 0 Å². The number of carbonyl (C=O) groups excluding carboxylic acids is 2. The van der Waals surface area contributed by atoms with Gasteiger partial charge in [-0.15, -0.1) is 0 Å². The first-order valence-corrected chi connectivity index (χ1v) is 10.6. The van der Waals surface area contributed by atoms with Crippen molar-refractivity contribution in [1.82, 2.24) is 0 Å². The molecular formula is C23H34O3. The van der Waals surface area contributed by atoms with Gasteiger partial charge in [-0.25, -0.2) is 0 Å². The number of rotatable bonds is 3. The summed E-state index contributed by atoms with van der Waals surface area (Å²) in [5.74, 6) is 0.899. The molecule has 26 heavy (non-hydrogen) atoms. The van der Waals surface area contributed by atoms with E-state index in [1.54, 1.807) is 0 Å². The van der Waals surface area contributed by atoms with Crippen LogP contribution in [-0.2, 0) is 14.3 Å². The second-order valence-corrected chi connectivity index (χ2v) is 10.4. The highest BCUT2D eigenvalue weighted by atomic mass is 16.5. The smallest absolute Gasteiger partial charge is 0.312 e. The molecule has 4 rings (SSSR count). The Balaban J connectivity index is 1.75. The molecule has 2 bridgehead atoms. The van der Waals surface area contributed by atoms with Gasteiger partial charge in [0.1, 0.15) is 6.29 Å². The number of ether oxygens (including phenoxy) is 1. The quantitative estimate of drug-likeness (QED) is 0.521. The molecule has 0 aliphatic heterocycles. The normalized spacial score (nSPS) is 49.6. The molecular weight excluding hydrogens is 324 g/mol. The van der Waals surface area contributed by atoms with Crippen LogP contribution < -0.4 is 0 Å². The van der Waals surface area contributed by atoms with E-state index in [0.717, 1.165) is 44.0 Å². The van der Waals surface area contributed by atoms with E-state index in [1.165, 1.54) is 19.3 Å². The maximum atomic E-state index is 12.9. The summed E-state index contributed by atoms with van der Waals surface area (Å²) < 4.78 is 5.53. The second kappa shape index (κ2) is 5.69. The largest absolute Gasteiger partial charge is 0.466 e. The minimum Gasteiger partial charge on any atom is -0.466 e.